The van der Waals surface area contributed by atoms with Crippen molar-refractivity contribution in [3.8, 4) is 5.75 Å². The SMILES string of the molecule is C[C@H](Oc1ccc(Br)c2ncccc12)C(=O)N1CCN(C(=O)c2ccccc2)C[C@H]1C. The number of amides is 2. The van der Waals surface area contributed by atoms with E-state index < -0.39 is 6.10 Å². The molecule has 3 aromatic rings. The number of halogens is 1. The lowest BCUT2D eigenvalue weighted by atomic mass is 10.1. The third-order valence-corrected chi connectivity index (χ3v) is 6.19. The van der Waals surface area contributed by atoms with Crippen LogP contribution in [0.15, 0.2) is 65.3 Å². The normalized spacial score (nSPS) is 17.5. The molecule has 0 aliphatic carbocycles. The second kappa shape index (κ2) is 9.06. The molecule has 160 valence electrons. The molecule has 1 aliphatic heterocycles. The van der Waals surface area contributed by atoms with Gasteiger partial charge in [-0.15, -0.1) is 0 Å². The van der Waals surface area contributed by atoms with Crippen LogP contribution in [-0.4, -0.2) is 58.4 Å². The van der Waals surface area contributed by atoms with Crippen LogP contribution in [0.4, 0.5) is 0 Å². The van der Waals surface area contributed by atoms with Crippen molar-refractivity contribution in [1.82, 2.24) is 14.8 Å². The van der Waals surface area contributed by atoms with E-state index in [-0.39, 0.29) is 17.9 Å². The quantitative estimate of drug-likeness (QED) is 0.561. The van der Waals surface area contributed by atoms with E-state index in [0.29, 0.717) is 30.9 Å². The molecular formula is C24H24BrN3O3. The fourth-order valence-corrected chi connectivity index (χ4v) is 4.37. The van der Waals surface area contributed by atoms with Crippen molar-refractivity contribution in [2.75, 3.05) is 19.6 Å². The van der Waals surface area contributed by atoms with Gasteiger partial charge in [0.05, 0.1) is 5.52 Å². The zero-order valence-corrected chi connectivity index (χ0v) is 19.1. The lowest BCUT2D eigenvalue weighted by molar-refractivity contribution is -0.142. The summed E-state index contributed by atoms with van der Waals surface area (Å²) in [6.45, 7) is 5.21. The van der Waals surface area contributed by atoms with E-state index in [4.69, 9.17) is 4.74 Å². The first-order chi connectivity index (χ1) is 15.0. The molecule has 31 heavy (non-hydrogen) atoms. The minimum Gasteiger partial charge on any atom is -0.480 e. The Balaban J connectivity index is 1.43. The highest BCUT2D eigenvalue weighted by atomic mass is 79.9. The fourth-order valence-electron chi connectivity index (χ4n) is 3.92. The van der Waals surface area contributed by atoms with Gasteiger partial charge in [-0.25, -0.2) is 0 Å². The summed E-state index contributed by atoms with van der Waals surface area (Å²) in [5.41, 5.74) is 1.46. The van der Waals surface area contributed by atoms with Gasteiger partial charge in [0.25, 0.3) is 11.8 Å². The van der Waals surface area contributed by atoms with Gasteiger partial charge in [0.1, 0.15) is 5.75 Å². The first-order valence-corrected chi connectivity index (χ1v) is 11.1. The number of fused-ring (bicyclic) bond motifs is 1. The van der Waals surface area contributed by atoms with Gasteiger partial charge < -0.3 is 14.5 Å². The van der Waals surface area contributed by atoms with Gasteiger partial charge in [-0.1, -0.05) is 18.2 Å². The standard InChI is InChI=1S/C24H24BrN3O3/c1-16-15-27(24(30)18-7-4-3-5-8-18)13-14-28(16)23(29)17(2)31-21-11-10-20(25)22-19(21)9-6-12-26-22/h3-12,16-17H,13-15H2,1-2H3/t16-,17+/m1/s1. The van der Waals surface area contributed by atoms with Gasteiger partial charge in [-0.3, -0.25) is 14.6 Å². The van der Waals surface area contributed by atoms with Crippen molar-refractivity contribution < 1.29 is 14.3 Å². The molecule has 6 nitrogen and oxygen atoms in total. The van der Waals surface area contributed by atoms with Crippen LogP contribution in [0.25, 0.3) is 10.9 Å². The zero-order chi connectivity index (χ0) is 22.0. The number of carbonyl (C=O) groups is 2. The highest BCUT2D eigenvalue weighted by Gasteiger charge is 2.33. The molecule has 2 atom stereocenters. The largest absolute Gasteiger partial charge is 0.480 e. The number of nitrogens with zero attached hydrogens (tertiary/aromatic N) is 3. The summed E-state index contributed by atoms with van der Waals surface area (Å²) in [4.78, 5) is 33.9. The van der Waals surface area contributed by atoms with Gasteiger partial charge in [-0.05, 0) is 66.2 Å². The van der Waals surface area contributed by atoms with E-state index in [1.165, 1.54) is 0 Å². The predicted octanol–water partition coefficient (Wildman–Crippen LogP) is 4.14. The van der Waals surface area contributed by atoms with Crippen LogP contribution < -0.4 is 4.74 Å². The van der Waals surface area contributed by atoms with Gasteiger partial charge in [-0.2, -0.15) is 0 Å². The van der Waals surface area contributed by atoms with Crippen molar-refractivity contribution in [3.05, 3.63) is 70.8 Å². The Kier molecular flexibility index (Phi) is 6.23. The van der Waals surface area contributed by atoms with Crippen LogP contribution in [0.2, 0.25) is 0 Å². The molecule has 0 bridgehead atoms. The molecule has 0 N–H and O–H groups in total. The van der Waals surface area contributed by atoms with Gasteiger partial charge in [0.15, 0.2) is 6.10 Å². The molecule has 1 aliphatic rings. The minimum atomic E-state index is -0.650. The second-order valence-corrected chi connectivity index (χ2v) is 8.56. The Morgan fingerprint density at radius 3 is 2.61 bits per heavy atom. The lowest BCUT2D eigenvalue weighted by Crippen LogP contribution is -2.57. The Labute approximate surface area is 189 Å². The van der Waals surface area contributed by atoms with E-state index in [9.17, 15) is 9.59 Å². The maximum Gasteiger partial charge on any atom is 0.263 e. The molecular weight excluding hydrogens is 458 g/mol. The number of carbonyl (C=O) groups excluding carboxylic acids is 2. The van der Waals surface area contributed by atoms with Crippen molar-refractivity contribution in [2.24, 2.45) is 0 Å². The lowest BCUT2D eigenvalue weighted by Gasteiger charge is -2.40. The van der Waals surface area contributed by atoms with Crippen LogP contribution in [0.1, 0.15) is 24.2 Å². The summed E-state index contributed by atoms with van der Waals surface area (Å²) in [7, 11) is 0. The van der Waals surface area contributed by atoms with E-state index in [2.05, 4.69) is 20.9 Å². The summed E-state index contributed by atoms with van der Waals surface area (Å²) >= 11 is 3.51. The molecule has 4 rings (SSSR count). The summed E-state index contributed by atoms with van der Waals surface area (Å²) in [6.07, 6.45) is 1.08. The van der Waals surface area contributed by atoms with Crippen LogP contribution in [0.5, 0.6) is 5.75 Å². The molecule has 2 aromatic carbocycles. The van der Waals surface area contributed by atoms with Crippen molar-refractivity contribution in [1.29, 1.82) is 0 Å². The first kappa shape index (κ1) is 21.3. The third kappa shape index (κ3) is 4.42. The molecule has 2 amide bonds. The summed E-state index contributed by atoms with van der Waals surface area (Å²) in [6, 6.07) is 16.6. The number of ether oxygens (including phenoxy) is 1. The van der Waals surface area contributed by atoms with Crippen LogP contribution in [0.3, 0.4) is 0 Å². The Bertz CT molecular complexity index is 1110. The van der Waals surface area contributed by atoms with Crippen molar-refractivity contribution >= 4 is 38.6 Å². The number of rotatable bonds is 4. The summed E-state index contributed by atoms with van der Waals surface area (Å²) in [5, 5.41) is 0.850. The topological polar surface area (TPSA) is 62.7 Å². The maximum absolute atomic E-state index is 13.1. The average Bonchev–Trinajstić information content (AvgIpc) is 2.80. The molecule has 1 aromatic heterocycles. The van der Waals surface area contributed by atoms with E-state index in [1.54, 1.807) is 18.0 Å². The molecule has 0 spiro atoms. The highest BCUT2D eigenvalue weighted by Crippen LogP contribution is 2.31. The third-order valence-electron chi connectivity index (χ3n) is 5.55. The Hall–Kier alpha value is -2.93. The highest BCUT2D eigenvalue weighted by molar-refractivity contribution is 9.10. The first-order valence-electron chi connectivity index (χ1n) is 10.3. The van der Waals surface area contributed by atoms with Crippen LogP contribution in [0, 0.1) is 0 Å². The number of benzene rings is 2. The number of pyridine rings is 1. The maximum atomic E-state index is 13.1. The van der Waals surface area contributed by atoms with Crippen molar-refractivity contribution in [2.45, 2.75) is 26.0 Å². The number of hydrogen-bond donors (Lipinski definition) is 0. The van der Waals surface area contributed by atoms with Crippen LogP contribution in [-0.2, 0) is 4.79 Å². The molecule has 0 radical (unpaired) electrons. The van der Waals surface area contributed by atoms with E-state index in [1.807, 2.05) is 66.4 Å². The second-order valence-electron chi connectivity index (χ2n) is 7.70. The molecule has 7 heteroatoms. The van der Waals surface area contributed by atoms with Gasteiger partial charge in [0, 0.05) is 47.3 Å². The molecule has 0 saturated carbocycles. The Morgan fingerprint density at radius 2 is 1.87 bits per heavy atom. The van der Waals surface area contributed by atoms with Gasteiger partial charge in [0.2, 0.25) is 0 Å². The van der Waals surface area contributed by atoms with Gasteiger partial charge >= 0.3 is 0 Å². The summed E-state index contributed by atoms with van der Waals surface area (Å²) < 4.78 is 6.93. The molecule has 1 saturated heterocycles. The number of hydrogen-bond acceptors (Lipinski definition) is 4. The van der Waals surface area contributed by atoms with E-state index in [0.717, 1.165) is 15.4 Å². The summed E-state index contributed by atoms with van der Waals surface area (Å²) in [5.74, 6) is 0.537. The number of aromatic nitrogens is 1. The smallest absolute Gasteiger partial charge is 0.263 e. The average molecular weight is 482 g/mol. The van der Waals surface area contributed by atoms with E-state index >= 15 is 0 Å². The monoisotopic (exact) mass is 481 g/mol. The number of piperazine rings is 1. The molecule has 1 fully saturated rings. The Morgan fingerprint density at radius 1 is 1.10 bits per heavy atom. The van der Waals surface area contributed by atoms with Crippen LogP contribution >= 0.6 is 15.9 Å². The minimum absolute atomic E-state index is 0.00215. The fraction of sp³-hybridized carbons (Fsp3) is 0.292. The zero-order valence-electron chi connectivity index (χ0n) is 17.5. The van der Waals surface area contributed by atoms with Crippen molar-refractivity contribution in [3.63, 3.8) is 0 Å². The molecule has 2 heterocycles. The molecule has 0 unspecified atom stereocenters. The predicted molar refractivity (Wildman–Crippen MR) is 123 cm³/mol.